The highest BCUT2D eigenvalue weighted by Crippen LogP contribution is 2.29. The van der Waals surface area contributed by atoms with Gasteiger partial charge in [0.05, 0.1) is 12.2 Å². The van der Waals surface area contributed by atoms with Crippen LogP contribution in [0.2, 0.25) is 0 Å². The van der Waals surface area contributed by atoms with E-state index in [1.807, 2.05) is 12.4 Å². The second-order valence-electron chi connectivity index (χ2n) is 5.41. The molecule has 96 valence electrons. The van der Waals surface area contributed by atoms with Gasteiger partial charge in [-0.3, -0.25) is 9.98 Å². The summed E-state index contributed by atoms with van der Waals surface area (Å²) in [5, 5.41) is 0. The van der Waals surface area contributed by atoms with Gasteiger partial charge in [0.1, 0.15) is 0 Å². The molecule has 0 fully saturated rings. The van der Waals surface area contributed by atoms with E-state index in [2.05, 4.69) is 55.0 Å². The minimum atomic E-state index is 0.526. The molecule has 0 amide bonds. The van der Waals surface area contributed by atoms with E-state index in [1.54, 1.807) is 0 Å². The molecular weight excluding hydrogens is 232 g/mol. The molecule has 0 bridgehead atoms. The molecule has 2 aromatic rings. The SMILES string of the molecule is Cc1c(-c2cc(C(C)C)ccn2)ccc2c1C=NC2. The molecule has 1 aromatic heterocycles. The number of rotatable bonds is 2. The first-order chi connectivity index (χ1) is 9.16. The summed E-state index contributed by atoms with van der Waals surface area (Å²) in [6.07, 6.45) is 3.89. The molecule has 2 heteroatoms. The monoisotopic (exact) mass is 250 g/mol. The molecule has 2 heterocycles. The van der Waals surface area contributed by atoms with Gasteiger partial charge in [-0.05, 0) is 41.7 Å². The Balaban J connectivity index is 2.12. The third-order valence-corrected chi connectivity index (χ3v) is 3.81. The molecule has 1 aliphatic rings. The van der Waals surface area contributed by atoms with Gasteiger partial charge in [0.2, 0.25) is 0 Å². The van der Waals surface area contributed by atoms with Crippen molar-refractivity contribution in [3.8, 4) is 11.3 Å². The summed E-state index contributed by atoms with van der Waals surface area (Å²) >= 11 is 0. The molecule has 0 saturated heterocycles. The summed E-state index contributed by atoms with van der Waals surface area (Å²) in [7, 11) is 0. The Kier molecular flexibility index (Phi) is 2.94. The van der Waals surface area contributed by atoms with Gasteiger partial charge in [-0.25, -0.2) is 0 Å². The molecule has 19 heavy (non-hydrogen) atoms. The standard InChI is InChI=1S/C17H18N2/c1-11(2)13-6-7-19-17(8-13)15-5-4-14-9-18-10-16(14)12(15)3/h4-8,10-11H,9H2,1-3H3. The van der Waals surface area contributed by atoms with Crippen molar-refractivity contribution in [2.75, 3.05) is 0 Å². The maximum atomic E-state index is 4.53. The minimum Gasteiger partial charge on any atom is -0.288 e. The molecule has 0 aliphatic carbocycles. The zero-order valence-corrected chi connectivity index (χ0v) is 11.6. The second-order valence-corrected chi connectivity index (χ2v) is 5.41. The van der Waals surface area contributed by atoms with Crippen molar-refractivity contribution in [1.29, 1.82) is 0 Å². The summed E-state index contributed by atoms with van der Waals surface area (Å²) in [5.74, 6) is 0.526. The Bertz CT molecular complexity index is 654. The molecule has 3 rings (SSSR count). The lowest BCUT2D eigenvalue weighted by molar-refractivity contribution is 0.863. The molecule has 0 spiro atoms. The molecule has 2 nitrogen and oxygen atoms in total. The van der Waals surface area contributed by atoms with Crippen LogP contribution in [0.25, 0.3) is 11.3 Å². The van der Waals surface area contributed by atoms with Crippen LogP contribution in [0.4, 0.5) is 0 Å². The first-order valence-corrected chi connectivity index (χ1v) is 6.75. The fourth-order valence-corrected chi connectivity index (χ4v) is 2.57. The van der Waals surface area contributed by atoms with Gasteiger partial charge in [-0.2, -0.15) is 0 Å². The quantitative estimate of drug-likeness (QED) is 0.787. The van der Waals surface area contributed by atoms with Gasteiger partial charge in [0.15, 0.2) is 0 Å². The van der Waals surface area contributed by atoms with Crippen molar-refractivity contribution >= 4 is 6.21 Å². The van der Waals surface area contributed by atoms with Crippen LogP contribution in [0.5, 0.6) is 0 Å². The van der Waals surface area contributed by atoms with Crippen molar-refractivity contribution in [2.45, 2.75) is 33.2 Å². The lowest BCUT2D eigenvalue weighted by Gasteiger charge is -2.11. The summed E-state index contributed by atoms with van der Waals surface area (Å²) in [6, 6.07) is 8.65. The van der Waals surface area contributed by atoms with E-state index in [1.165, 1.54) is 27.8 Å². The zero-order valence-electron chi connectivity index (χ0n) is 11.6. The van der Waals surface area contributed by atoms with Gasteiger partial charge in [0, 0.05) is 23.5 Å². The topological polar surface area (TPSA) is 25.2 Å². The van der Waals surface area contributed by atoms with E-state index in [9.17, 15) is 0 Å². The van der Waals surface area contributed by atoms with E-state index < -0.39 is 0 Å². The highest BCUT2D eigenvalue weighted by Gasteiger charge is 2.14. The first-order valence-electron chi connectivity index (χ1n) is 6.75. The van der Waals surface area contributed by atoms with Crippen LogP contribution in [0.3, 0.4) is 0 Å². The van der Waals surface area contributed by atoms with Gasteiger partial charge < -0.3 is 0 Å². The van der Waals surface area contributed by atoms with E-state index in [4.69, 9.17) is 0 Å². The molecule has 1 aromatic carbocycles. The Morgan fingerprint density at radius 2 is 2.00 bits per heavy atom. The second kappa shape index (κ2) is 4.61. The van der Waals surface area contributed by atoms with Crippen molar-refractivity contribution in [2.24, 2.45) is 4.99 Å². The van der Waals surface area contributed by atoms with Crippen LogP contribution in [0.15, 0.2) is 35.5 Å². The first kappa shape index (κ1) is 12.1. The molecular formula is C17H18N2. The summed E-state index contributed by atoms with van der Waals surface area (Å²) in [6.45, 7) is 7.40. The number of nitrogens with zero attached hydrogens (tertiary/aromatic N) is 2. The largest absolute Gasteiger partial charge is 0.288 e. The molecule has 1 aliphatic heterocycles. The number of aromatic nitrogens is 1. The summed E-state index contributed by atoms with van der Waals surface area (Å²) < 4.78 is 0. The average molecular weight is 250 g/mol. The maximum absolute atomic E-state index is 4.53. The summed E-state index contributed by atoms with van der Waals surface area (Å²) in [5.41, 5.74) is 7.49. The van der Waals surface area contributed by atoms with Gasteiger partial charge in [0.25, 0.3) is 0 Å². The normalized spacial score (nSPS) is 13.1. The zero-order chi connectivity index (χ0) is 13.4. The van der Waals surface area contributed by atoms with Crippen LogP contribution < -0.4 is 0 Å². The molecule has 0 unspecified atom stereocenters. The molecule has 0 N–H and O–H groups in total. The van der Waals surface area contributed by atoms with E-state index >= 15 is 0 Å². The third kappa shape index (κ3) is 2.07. The number of aliphatic imine (C=N–C) groups is 1. The predicted octanol–water partition coefficient (Wildman–Crippen LogP) is 4.11. The van der Waals surface area contributed by atoms with E-state index in [0.29, 0.717) is 5.92 Å². The molecule has 0 radical (unpaired) electrons. The number of benzene rings is 1. The lowest BCUT2D eigenvalue weighted by Crippen LogP contribution is -1.96. The predicted molar refractivity (Wildman–Crippen MR) is 79.8 cm³/mol. The van der Waals surface area contributed by atoms with Gasteiger partial charge in [-0.15, -0.1) is 0 Å². The van der Waals surface area contributed by atoms with Crippen molar-refractivity contribution < 1.29 is 0 Å². The number of pyridine rings is 1. The molecule has 0 atom stereocenters. The smallest absolute Gasteiger partial charge is 0.0707 e. The van der Waals surface area contributed by atoms with E-state index in [0.717, 1.165) is 12.2 Å². The Labute approximate surface area is 114 Å². The number of hydrogen-bond donors (Lipinski definition) is 0. The van der Waals surface area contributed by atoms with Crippen molar-refractivity contribution in [3.05, 3.63) is 52.7 Å². The fraction of sp³-hybridized carbons (Fsp3) is 0.294. The van der Waals surface area contributed by atoms with Crippen molar-refractivity contribution in [1.82, 2.24) is 4.98 Å². The van der Waals surface area contributed by atoms with Gasteiger partial charge >= 0.3 is 0 Å². The van der Waals surface area contributed by atoms with Crippen LogP contribution >= 0.6 is 0 Å². The number of fused-ring (bicyclic) bond motifs is 1. The van der Waals surface area contributed by atoms with Crippen LogP contribution in [0.1, 0.15) is 42.0 Å². The van der Waals surface area contributed by atoms with Crippen LogP contribution in [-0.2, 0) is 6.54 Å². The Morgan fingerprint density at radius 1 is 1.16 bits per heavy atom. The van der Waals surface area contributed by atoms with Crippen LogP contribution in [0, 0.1) is 6.92 Å². The van der Waals surface area contributed by atoms with Crippen molar-refractivity contribution in [3.63, 3.8) is 0 Å². The van der Waals surface area contributed by atoms with E-state index in [-0.39, 0.29) is 0 Å². The average Bonchev–Trinajstić information content (AvgIpc) is 2.88. The maximum Gasteiger partial charge on any atom is 0.0707 e. The Morgan fingerprint density at radius 3 is 2.79 bits per heavy atom. The summed E-state index contributed by atoms with van der Waals surface area (Å²) in [4.78, 5) is 8.88. The Hall–Kier alpha value is -1.96. The highest BCUT2D eigenvalue weighted by molar-refractivity contribution is 5.89. The minimum absolute atomic E-state index is 0.526. The van der Waals surface area contributed by atoms with Gasteiger partial charge in [-0.1, -0.05) is 26.0 Å². The lowest BCUT2D eigenvalue weighted by atomic mass is 9.95. The third-order valence-electron chi connectivity index (χ3n) is 3.81. The van der Waals surface area contributed by atoms with Crippen LogP contribution in [-0.4, -0.2) is 11.2 Å². The highest BCUT2D eigenvalue weighted by atomic mass is 14.7. The number of hydrogen-bond acceptors (Lipinski definition) is 2. The fourth-order valence-electron chi connectivity index (χ4n) is 2.57. The molecule has 0 saturated carbocycles.